The minimum Gasteiger partial charge on any atom is -0.375 e. The Bertz CT molecular complexity index is 337. The zero-order valence-electron chi connectivity index (χ0n) is 9.37. The van der Waals surface area contributed by atoms with Crippen molar-refractivity contribution in [1.82, 2.24) is 15.2 Å². The molecule has 1 fully saturated rings. The van der Waals surface area contributed by atoms with Crippen LogP contribution in [0.2, 0.25) is 0 Å². The number of nitrogens with one attached hydrogen (secondary N) is 1. The fraction of sp³-hybridized carbons (Fsp3) is 0.727. The average molecular weight is 239 g/mol. The quantitative estimate of drug-likeness (QED) is 0.821. The Hall–Kier alpha value is -0.490. The van der Waals surface area contributed by atoms with Crippen LogP contribution in [0.4, 0.5) is 0 Å². The molecule has 88 valence electrons. The Morgan fingerprint density at radius 3 is 3.06 bits per heavy atom. The number of hydrogen-bond acceptors (Lipinski definition) is 5. The van der Waals surface area contributed by atoms with Gasteiger partial charge < -0.3 is 10.1 Å². The lowest BCUT2D eigenvalue weighted by Gasteiger charge is -2.26. The molecular weight excluding hydrogens is 222 g/mol. The molecule has 1 aromatic heterocycles. The van der Waals surface area contributed by atoms with Crippen LogP contribution < -0.4 is 5.32 Å². The fourth-order valence-electron chi connectivity index (χ4n) is 2.21. The van der Waals surface area contributed by atoms with Crippen LogP contribution >= 0.6 is 11.3 Å². The van der Waals surface area contributed by atoms with Crippen LogP contribution in [0.15, 0.2) is 0 Å². The van der Waals surface area contributed by atoms with Crippen LogP contribution in [-0.2, 0) is 24.3 Å². The molecule has 0 bridgehead atoms. The maximum Gasteiger partial charge on any atom is 0.107 e. The van der Waals surface area contributed by atoms with Gasteiger partial charge in [0, 0.05) is 32.6 Å². The molecule has 0 saturated carbocycles. The smallest absolute Gasteiger partial charge is 0.107 e. The highest BCUT2D eigenvalue weighted by atomic mass is 32.1. The van der Waals surface area contributed by atoms with E-state index >= 15 is 0 Å². The summed E-state index contributed by atoms with van der Waals surface area (Å²) in [7, 11) is 0. The third kappa shape index (κ3) is 2.27. The van der Waals surface area contributed by atoms with E-state index < -0.39 is 0 Å². The number of rotatable bonds is 2. The first-order chi connectivity index (χ1) is 7.92. The Kier molecular flexibility index (Phi) is 3.19. The molecule has 3 rings (SSSR count). The summed E-state index contributed by atoms with van der Waals surface area (Å²) in [6.45, 7) is 7.11. The summed E-state index contributed by atoms with van der Waals surface area (Å²) in [6.07, 6.45) is 0.993. The second-order valence-electron chi connectivity index (χ2n) is 4.31. The first-order valence-electron chi connectivity index (χ1n) is 5.90. The lowest BCUT2D eigenvalue weighted by molar-refractivity contribution is 0.112. The highest BCUT2D eigenvalue weighted by Gasteiger charge is 2.17. The summed E-state index contributed by atoms with van der Waals surface area (Å²) < 4.78 is 5.45. The second kappa shape index (κ2) is 4.79. The summed E-state index contributed by atoms with van der Waals surface area (Å²) in [5.41, 5.74) is 1.28. The van der Waals surface area contributed by atoms with Crippen LogP contribution in [0.25, 0.3) is 0 Å². The lowest BCUT2D eigenvalue weighted by atomic mass is 10.2. The molecule has 16 heavy (non-hydrogen) atoms. The first-order valence-corrected chi connectivity index (χ1v) is 6.72. The molecule has 0 unspecified atom stereocenters. The monoisotopic (exact) mass is 239 g/mol. The van der Waals surface area contributed by atoms with Crippen molar-refractivity contribution in [3.05, 3.63) is 15.6 Å². The molecule has 1 N–H and O–H groups in total. The van der Waals surface area contributed by atoms with Crippen LogP contribution in [0, 0.1) is 0 Å². The zero-order valence-corrected chi connectivity index (χ0v) is 10.2. The third-order valence-corrected chi connectivity index (χ3v) is 4.16. The number of thiazole rings is 1. The van der Waals surface area contributed by atoms with Crippen molar-refractivity contribution >= 4 is 11.3 Å². The molecule has 2 aliphatic heterocycles. The highest BCUT2D eigenvalue weighted by Crippen LogP contribution is 2.24. The van der Waals surface area contributed by atoms with Crippen molar-refractivity contribution in [1.29, 1.82) is 0 Å². The number of hydrogen-bond donors (Lipinski definition) is 1. The van der Waals surface area contributed by atoms with Crippen LogP contribution in [0.3, 0.4) is 0 Å². The van der Waals surface area contributed by atoms with Crippen molar-refractivity contribution in [2.24, 2.45) is 0 Å². The topological polar surface area (TPSA) is 37.4 Å². The highest BCUT2D eigenvalue weighted by molar-refractivity contribution is 7.11. The molecule has 0 atom stereocenters. The molecule has 1 saturated heterocycles. The maximum atomic E-state index is 5.45. The molecule has 1 aromatic rings. The third-order valence-electron chi connectivity index (χ3n) is 3.11. The molecular formula is C11H17N3OS. The van der Waals surface area contributed by atoms with Gasteiger partial charge in [-0.1, -0.05) is 0 Å². The predicted molar refractivity (Wildman–Crippen MR) is 63.6 cm³/mol. The van der Waals surface area contributed by atoms with Crippen molar-refractivity contribution in [3.63, 3.8) is 0 Å². The van der Waals surface area contributed by atoms with Crippen molar-refractivity contribution in [2.75, 3.05) is 32.8 Å². The molecule has 0 spiro atoms. The van der Waals surface area contributed by atoms with Gasteiger partial charge in [0.05, 0.1) is 30.3 Å². The van der Waals surface area contributed by atoms with Gasteiger partial charge in [0.25, 0.3) is 0 Å². The first kappa shape index (κ1) is 10.7. The summed E-state index contributed by atoms with van der Waals surface area (Å²) >= 11 is 1.83. The van der Waals surface area contributed by atoms with Crippen LogP contribution in [-0.4, -0.2) is 42.7 Å². The van der Waals surface area contributed by atoms with Gasteiger partial charge in [0.15, 0.2) is 0 Å². The van der Waals surface area contributed by atoms with E-state index in [9.17, 15) is 0 Å². The van der Waals surface area contributed by atoms with Crippen molar-refractivity contribution < 1.29 is 4.74 Å². The normalized spacial score (nSPS) is 22.0. The van der Waals surface area contributed by atoms with Gasteiger partial charge in [0.2, 0.25) is 0 Å². The number of aromatic nitrogens is 1. The van der Waals surface area contributed by atoms with E-state index in [0.29, 0.717) is 0 Å². The number of nitrogens with zero attached hydrogens (tertiary/aromatic N) is 2. The van der Waals surface area contributed by atoms with E-state index in [1.54, 1.807) is 0 Å². The Morgan fingerprint density at radius 1 is 1.38 bits per heavy atom. The molecule has 0 aliphatic carbocycles. The van der Waals surface area contributed by atoms with E-state index in [0.717, 1.165) is 52.4 Å². The number of fused-ring (bicyclic) bond motifs is 1. The molecule has 4 nitrogen and oxygen atoms in total. The van der Waals surface area contributed by atoms with E-state index in [-0.39, 0.29) is 0 Å². The molecule has 5 heteroatoms. The van der Waals surface area contributed by atoms with Crippen LogP contribution in [0.1, 0.15) is 15.6 Å². The van der Waals surface area contributed by atoms with Crippen molar-refractivity contribution in [2.45, 2.75) is 19.6 Å². The van der Waals surface area contributed by atoms with Gasteiger partial charge in [-0.2, -0.15) is 0 Å². The summed E-state index contributed by atoms with van der Waals surface area (Å²) in [6, 6.07) is 0. The van der Waals surface area contributed by atoms with Gasteiger partial charge >= 0.3 is 0 Å². The van der Waals surface area contributed by atoms with E-state index in [1.165, 1.54) is 15.6 Å². The largest absolute Gasteiger partial charge is 0.375 e. The van der Waals surface area contributed by atoms with Gasteiger partial charge in [-0.3, -0.25) is 4.90 Å². The summed E-state index contributed by atoms with van der Waals surface area (Å²) in [5.74, 6) is 0. The lowest BCUT2D eigenvalue weighted by Crippen LogP contribution is -2.42. The van der Waals surface area contributed by atoms with Gasteiger partial charge in [-0.15, -0.1) is 11.3 Å². The van der Waals surface area contributed by atoms with E-state index in [1.807, 2.05) is 11.3 Å². The second-order valence-corrected chi connectivity index (χ2v) is 5.47. The van der Waals surface area contributed by atoms with Gasteiger partial charge in [-0.05, 0) is 0 Å². The number of piperazine rings is 1. The van der Waals surface area contributed by atoms with E-state index in [4.69, 9.17) is 9.72 Å². The number of ether oxygens (including phenoxy) is 1. The Labute approximate surface area is 99.6 Å². The summed E-state index contributed by atoms with van der Waals surface area (Å²) in [4.78, 5) is 8.54. The minimum atomic E-state index is 0.772. The predicted octanol–water partition coefficient (Wildman–Crippen LogP) is 0.621. The fourth-order valence-corrected chi connectivity index (χ4v) is 3.30. The SMILES string of the molecule is C1CN(Cc2nc3c(s2)COCC3)CCN1. The maximum absolute atomic E-state index is 5.45. The van der Waals surface area contributed by atoms with Crippen LogP contribution in [0.5, 0.6) is 0 Å². The van der Waals surface area contributed by atoms with Gasteiger partial charge in [-0.25, -0.2) is 4.98 Å². The Morgan fingerprint density at radius 2 is 2.25 bits per heavy atom. The zero-order chi connectivity index (χ0) is 10.8. The molecule has 0 radical (unpaired) electrons. The van der Waals surface area contributed by atoms with E-state index in [2.05, 4.69) is 10.2 Å². The molecule has 0 aromatic carbocycles. The Balaban J connectivity index is 1.67. The minimum absolute atomic E-state index is 0.772. The molecule has 0 amide bonds. The van der Waals surface area contributed by atoms with Crippen molar-refractivity contribution in [3.8, 4) is 0 Å². The average Bonchev–Trinajstić information content (AvgIpc) is 2.72. The molecule has 3 heterocycles. The standard InChI is InChI=1S/C11H17N3OS/c1-6-15-8-10-9(1)13-11(16-10)7-14-4-2-12-3-5-14/h12H,1-8H2. The molecule has 2 aliphatic rings. The van der Waals surface area contributed by atoms with Gasteiger partial charge in [0.1, 0.15) is 5.01 Å². The summed E-state index contributed by atoms with van der Waals surface area (Å²) in [5, 5.41) is 4.63.